The average Bonchev–Trinajstić information content (AvgIpc) is 2.47. The zero-order valence-corrected chi connectivity index (χ0v) is 12.7. The second-order valence-electron chi connectivity index (χ2n) is 4.29. The van der Waals surface area contributed by atoms with Crippen LogP contribution in [-0.2, 0) is 11.2 Å². The molecule has 0 saturated heterocycles. The molecule has 2 rings (SSSR count). The third kappa shape index (κ3) is 3.92. The van der Waals surface area contributed by atoms with Crippen molar-refractivity contribution in [2.45, 2.75) is 6.42 Å². The Labute approximate surface area is 126 Å². The van der Waals surface area contributed by atoms with E-state index in [1.54, 1.807) is 19.2 Å². The zero-order chi connectivity index (χ0) is 14.4. The normalized spacial score (nSPS) is 10.3. The van der Waals surface area contributed by atoms with Crippen molar-refractivity contribution in [3.8, 4) is 11.5 Å². The van der Waals surface area contributed by atoms with E-state index in [2.05, 4.69) is 15.9 Å². The molecule has 4 heteroatoms. The number of carbonyl (C=O) groups excluding carboxylic acids is 1. The fourth-order valence-corrected chi connectivity index (χ4v) is 2.11. The minimum Gasteiger partial charge on any atom is -0.457 e. The first-order valence-electron chi connectivity index (χ1n) is 6.23. The molecule has 3 nitrogen and oxygen atoms in total. The number of benzene rings is 2. The number of methoxy groups -OCH3 is 1. The molecule has 0 aromatic heterocycles. The Balaban J connectivity index is 2.13. The summed E-state index contributed by atoms with van der Waals surface area (Å²) < 4.78 is 11.7. The van der Waals surface area contributed by atoms with Crippen LogP contribution in [0, 0.1) is 0 Å². The molecule has 2 aromatic carbocycles. The Morgan fingerprint density at radius 2 is 1.90 bits per heavy atom. The van der Waals surface area contributed by atoms with Crippen LogP contribution in [0.5, 0.6) is 11.5 Å². The summed E-state index contributed by atoms with van der Waals surface area (Å²) in [6, 6.07) is 13.1. The Bertz CT molecular complexity index is 579. The van der Waals surface area contributed by atoms with Gasteiger partial charge >= 0.3 is 0 Å². The van der Waals surface area contributed by atoms with Crippen molar-refractivity contribution in [2.75, 3.05) is 13.7 Å². The Kier molecular flexibility index (Phi) is 5.32. The lowest BCUT2D eigenvalue weighted by molar-refractivity contribution is 0.112. The van der Waals surface area contributed by atoms with Gasteiger partial charge in [0.1, 0.15) is 11.5 Å². The Morgan fingerprint density at radius 3 is 2.55 bits per heavy atom. The summed E-state index contributed by atoms with van der Waals surface area (Å²) in [6.45, 7) is 0.696. The number of halogens is 1. The maximum atomic E-state index is 11.0. The molecule has 0 unspecified atom stereocenters. The quantitative estimate of drug-likeness (QED) is 0.741. The van der Waals surface area contributed by atoms with Gasteiger partial charge in [0.25, 0.3) is 0 Å². The van der Waals surface area contributed by atoms with Crippen molar-refractivity contribution in [3.05, 3.63) is 58.1 Å². The van der Waals surface area contributed by atoms with Gasteiger partial charge in [-0.15, -0.1) is 0 Å². The molecular formula is C16H15BrO3. The molecule has 0 aliphatic rings. The lowest BCUT2D eigenvalue weighted by Crippen LogP contribution is -1.94. The highest BCUT2D eigenvalue weighted by Gasteiger charge is 2.05. The van der Waals surface area contributed by atoms with Gasteiger partial charge in [0, 0.05) is 11.6 Å². The number of aldehydes is 1. The van der Waals surface area contributed by atoms with Gasteiger partial charge in [0.2, 0.25) is 0 Å². The highest BCUT2D eigenvalue weighted by Crippen LogP contribution is 2.27. The largest absolute Gasteiger partial charge is 0.457 e. The minimum absolute atomic E-state index is 0.525. The topological polar surface area (TPSA) is 35.5 Å². The van der Waals surface area contributed by atoms with Crippen molar-refractivity contribution >= 4 is 22.2 Å². The predicted molar refractivity (Wildman–Crippen MR) is 81.6 cm³/mol. The van der Waals surface area contributed by atoms with Crippen molar-refractivity contribution in [3.63, 3.8) is 0 Å². The van der Waals surface area contributed by atoms with Crippen molar-refractivity contribution < 1.29 is 14.3 Å². The van der Waals surface area contributed by atoms with Gasteiger partial charge in [-0.1, -0.05) is 28.1 Å². The first-order chi connectivity index (χ1) is 9.72. The molecule has 0 N–H and O–H groups in total. The molecule has 0 heterocycles. The number of ether oxygens (including phenoxy) is 2. The molecule has 20 heavy (non-hydrogen) atoms. The minimum atomic E-state index is 0.525. The van der Waals surface area contributed by atoms with E-state index >= 15 is 0 Å². The van der Waals surface area contributed by atoms with Crippen LogP contribution in [0.3, 0.4) is 0 Å². The maximum absolute atomic E-state index is 11.0. The number of hydrogen-bond acceptors (Lipinski definition) is 3. The predicted octanol–water partition coefficient (Wildman–Crippen LogP) is 4.24. The van der Waals surface area contributed by atoms with Crippen LogP contribution in [0.1, 0.15) is 15.9 Å². The summed E-state index contributed by atoms with van der Waals surface area (Å²) in [5, 5.41) is 0. The van der Waals surface area contributed by atoms with E-state index in [0.717, 1.165) is 17.2 Å². The van der Waals surface area contributed by atoms with Gasteiger partial charge in [0.05, 0.1) is 12.2 Å². The van der Waals surface area contributed by atoms with E-state index in [4.69, 9.17) is 9.47 Å². The SMILES string of the molecule is COCCc1ccc(Oc2cc(Br)ccc2C=O)cc1. The lowest BCUT2D eigenvalue weighted by Gasteiger charge is -2.09. The number of carbonyl (C=O) groups is 1. The molecule has 0 spiro atoms. The summed E-state index contributed by atoms with van der Waals surface area (Å²) in [4.78, 5) is 11.0. The molecule has 0 bridgehead atoms. The van der Waals surface area contributed by atoms with Gasteiger partial charge in [-0.3, -0.25) is 4.79 Å². The van der Waals surface area contributed by atoms with Gasteiger partial charge in [-0.2, -0.15) is 0 Å². The standard InChI is InChI=1S/C16H15BrO3/c1-19-9-8-12-2-6-15(7-3-12)20-16-10-14(17)5-4-13(16)11-18/h2-7,10-11H,8-9H2,1H3. The van der Waals surface area contributed by atoms with Crippen molar-refractivity contribution in [1.82, 2.24) is 0 Å². The number of hydrogen-bond donors (Lipinski definition) is 0. The maximum Gasteiger partial charge on any atom is 0.153 e. The molecule has 0 aliphatic carbocycles. The van der Waals surface area contributed by atoms with Crippen molar-refractivity contribution in [2.24, 2.45) is 0 Å². The summed E-state index contributed by atoms with van der Waals surface area (Å²) >= 11 is 3.37. The van der Waals surface area contributed by atoms with Gasteiger partial charge in [-0.25, -0.2) is 0 Å². The van der Waals surface area contributed by atoms with Crippen LogP contribution < -0.4 is 4.74 Å². The third-order valence-corrected chi connectivity index (χ3v) is 3.34. The molecule has 0 atom stereocenters. The summed E-state index contributed by atoms with van der Waals surface area (Å²) in [6.07, 6.45) is 1.65. The molecule has 2 aromatic rings. The van der Waals surface area contributed by atoms with Crippen LogP contribution in [-0.4, -0.2) is 20.0 Å². The van der Waals surface area contributed by atoms with Crippen LogP contribution >= 0.6 is 15.9 Å². The van der Waals surface area contributed by atoms with Crippen LogP contribution in [0.2, 0.25) is 0 Å². The zero-order valence-electron chi connectivity index (χ0n) is 11.1. The Hall–Kier alpha value is -1.65. The van der Waals surface area contributed by atoms with E-state index in [1.165, 1.54) is 5.56 Å². The van der Waals surface area contributed by atoms with E-state index in [9.17, 15) is 4.79 Å². The van der Waals surface area contributed by atoms with E-state index in [0.29, 0.717) is 23.7 Å². The molecule has 0 radical (unpaired) electrons. The summed E-state index contributed by atoms with van der Waals surface area (Å²) in [5.41, 5.74) is 1.71. The average molecular weight is 335 g/mol. The lowest BCUT2D eigenvalue weighted by atomic mass is 10.1. The van der Waals surface area contributed by atoms with E-state index in [1.807, 2.05) is 30.3 Å². The molecule has 0 fully saturated rings. The van der Waals surface area contributed by atoms with Gasteiger partial charge in [0.15, 0.2) is 6.29 Å². The second-order valence-corrected chi connectivity index (χ2v) is 5.20. The monoisotopic (exact) mass is 334 g/mol. The summed E-state index contributed by atoms with van der Waals surface area (Å²) in [5.74, 6) is 1.24. The highest BCUT2D eigenvalue weighted by molar-refractivity contribution is 9.10. The first kappa shape index (κ1) is 14.8. The fraction of sp³-hybridized carbons (Fsp3) is 0.188. The van der Waals surface area contributed by atoms with Gasteiger partial charge in [-0.05, 0) is 42.3 Å². The molecule has 0 amide bonds. The Morgan fingerprint density at radius 1 is 1.15 bits per heavy atom. The second kappa shape index (κ2) is 7.22. The van der Waals surface area contributed by atoms with Gasteiger partial charge < -0.3 is 9.47 Å². The summed E-state index contributed by atoms with van der Waals surface area (Å²) in [7, 11) is 1.69. The highest BCUT2D eigenvalue weighted by atomic mass is 79.9. The molecule has 0 saturated carbocycles. The van der Waals surface area contributed by atoms with Crippen LogP contribution in [0.4, 0.5) is 0 Å². The fourth-order valence-electron chi connectivity index (χ4n) is 1.76. The molecular weight excluding hydrogens is 320 g/mol. The molecule has 0 aliphatic heterocycles. The molecule has 104 valence electrons. The number of rotatable bonds is 6. The first-order valence-corrected chi connectivity index (χ1v) is 7.02. The van der Waals surface area contributed by atoms with E-state index in [-0.39, 0.29) is 0 Å². The van der Waals surface area contributed by atoms with E-state index < -0.39 is 0 Å². The smallest absolute Gasteiger partial charge is 0.153 e. The van der Waals surface area contributed by atoms with Crippen LogP contribution in [0.15, 0.2) is 46.9 Å². The van der Waals surface area contributed by atoms with Crippen molar-refractivity contribution in [1.29, 1.82) is 0 Å². The van der Waals surface area contributed by atoms with Crippen LogP contribution in [0.25, 0.3) is 0 Å². The third-order valence-electron chi connectivity index (χ3n) is 2.85.